The van der Waals surface area contributed by atoms with Crippen molar-refractivity contribution in [2.24, 2.45) is 0 Å². The number of hydrogen-bond donors (Lipinski definition) is 0. The number of benzene rings is 2. The second kappa shape index (κ2) is 12.8. The van der Waals surface area contributed by atoms with E-state index >= 15 is 0 Å². The number of ether oxygens (including phenoxy) is 2. The molecule has 3 rings (SSSR count). The molecule has 0 aliphatic heterocycles. The van der Waals surface area contributed by atoms with Gasteiger partial charge in [-0.05, 0) is 36.8 Å². The summed E-state index contributed by atoms with van der Waals surface area (Å²) < 4.78 is 10.8. The molecule has 0 N–H and O–H groups in total. The average molecular weight is 467 g/mol. The molecule has 0 saturated heterocycles. The smallest absolute Gasteiger partial charge is 0.261 e. The van der Waals surface area contributed by atoms with E-state index in [0.717, 1.165) is 10.4 Å². The standard InChI is InChI=1S/C26H30N2O4S/c1-21-13-14-24(33-21)18-28(17-22-9-5-3-6-10-22)25(29)19-27(15-16-31-2)26(30)20-32-23-11-7-4-8-12-23/h3-14H,15-20H2,1-2H3. The van der Waals surface area contributed by atoms with E-state index in [-0.39, 0.29) is 25.0 Å². The quantitative estimate of drug-likeness (QED) is 0.403. The third kappa shape index (κ3) is 8.04. The summed E-state index contributed by atoms with van der Waals surface area (Å²) in [6.07, 6.45) is 0. The summed E-state index contributed by atoms with van der Waals surface area (Å²) in [6, 6.07) is 23.1. The van der Waals surface area contributed by atoms with Gasteiger partial charge in [-0.15, -0.1) is 11.3 Å². The van der Waals surface area contributed by atoms with Crippen molar-refractivity contribution in [1.29, 1.82) is 0 Å². The normalized spacial score (nSPS) is 10.6. The molecule has 1 aromatic heterocycles. The van der Waals surface area contributed by atoms with Crippen LogP contribution in [0.3, 0.4) is 0 Å². The lowest BCUT2D eigenvalue weighted by Gasteiger charge is -2.27. The summed E-state index contributed by atoms with van der Waals surface area (Å²) >= 11 is 1.67. The summed E-state index contributed by atoms with van der Waals surface area (Å²) in [6.45, 7) is 3.52. The molecule has 2 amide bonds. The molecule has 174 valence electrons. The molecule has 0 radical (unpaired) electrons. The lowest BCUT2D eigenvalue weighted by molar-refractivity contribution is -0.142. The van der Waals surface area contributed by atoms with Crippen LogP contribution in [0.25, 0.3) is 0 Å². The van der Waals surface area contributed by atoms with Gasteiger partial charge < -0.3 is 19.3 Å². The molecular weight excluding hydrogens is 436 g/mol. The Labute approximate surface area is 199 Å². The lowest BCUT2D eigenvalue weighted by atomic mass is 10.2. The fraction of sp³-hybridized carbons (Fsp3) is 0.308. The molecule has 0 spiro atoms. The first-order valence-electron chi connectivity index (χ1n) is 10.9. The molecule has 2 aromatic carbocycles. The number of nitrogens with zero attached hydrogens (tertiary/aromatic N) is 2. The molecule has 0 fully saturated rings. The number of amides is 2. The van der Waals surface area contributed by atoms with E-state index in [4.69, 9.17) is 9.47 Å². The van der Waals surface area contributed by atoms with Crippen molar-refractivity contribution in [3.05, 3.63) is 88.1 Å². The molecule has 3 aromatic rings. The van der Waals surface area contributed by atoms with Crippen molar-refractivity contribution in [2.75, 3.05) is 33.4 Å². The number of carbonyl (C=O) groups excluding carboxylic acids is 2. The van der Waals surface area contributed by atoms with Gasteiger partial charge in [-0.1, -0.05) is 48.5 Å². The topological polar surface area (TPSA) is 59.1 Å². The number of aryl methyl sites for hydroxylation is 1. The van der Waals surface area contributed by atoms with Crippen LogP contribution in [0.2, 0.25) is 0 Å². The molecule has 1 heterocycles. The van der Waals surface area contributed by atoms with E-state index in [9.17, 15) is 9.59 Å². The van der Waals surface area contributed by atoms with Gasteiger partial charge in [-0.25, -0.2) is 0 Å². The number of hydrogen-bond acceptors (Lipinski definition) is 5. The van der Waals surface area contributed by atoms with Crippen molar-refractivity contribution >= 4 is 23.2 Å². The molecule has 0 unspecified atom stereocenters. The van der Waals surface area contributed by atoms with Crippen LogP contribution in [-0.4, -0.2) is 55.0 Å². The lowest BCUT2D eigenvalue weighted by Crippen LogP contribution is -2.45. The molecule has 0 aliphatic carbocycles. The van der Waals surface area contributed by atoms with Crippen LogP contribution in [0.15, 0.2) is 72.8 Å². The SMILES string of the molecule is COCCN(CC(=O)N(Cc1ccccc1)Cc1ccc(C)s1)C(=O)COc1ccccc1. The highest BCUT2D eigenvalue weighted by atomic mass is 32.1. The minimum absolute atomic E-state index is 0.0302. The van der Waals surface area contributed by atoms with Gasteiger partial charge in [0, 0.05) is 30.0 Å². The Morgan fingerprint density at radius 1 is 0.848 bits per heavy atom. The molecule has 33 heavy (non-hydrogen) atoms. The van der Waals surface area contributed by atoms with Crippen molar-refractivity contribution in [3.8, 4) is 5.75 Å². The van der Waals surface area contributed by atoms with Gasteiger partial charge in [0.15, 0.2) is 6.61 Å². The first-order valence-corrected chi connectivity index (χ1v) is 11.7. The van der Waals surface area contributed by atoms with Gasteiger partial charge in [0.05, 0.1) is 19.7 Å². The second-order valence-corrected chi connectivity index (χ2v) is 9.03. The van der Waals surface area contributed by atoms with Crippen LogP contribution in [-0.2, 0) is 27.4 Å². The van der Waals surface area contributed by atoms with Gasteiger partial charge in [-0.2, -0.15) is 0 Å². The number of para-hydroxylation sites is 1. The Morgan fingerprint density at radius 2 is 1.55 bits per heavy atom. The van der Waals surface area contributed by atoms with E-state index in [1.807, 2.05) is 54.6 Å². The summed E-state index contributed by atoms with van der Waals surface area (Å²) in [5.74, 6) is 0.243. The Kier molecular flexibility index (Phi) is 9.47. The first-order chi connectivity index (χ1) is 16.0. The highest BCUT2D eigenvalue weighted by Gasteiger charge is 2.22. The molecular formula is C26H30N2O4S. The van der Waals surface area contributed by atoms with Gasteiger partial charge in [0.1, 0.15) is 5.75 Å². The number of carbonyl (C=O) groups is 2. The Morgan fingerprint density at radius 3 is 2.18 bits per heavy atom. The minimum atomic E-state index is -0.254. The van der Waals surface area contributed by atoms with E-state index in [0.29, 0.717) is 32.0 Å². The largest absolute Gasteiger partial charge is 0.484 e. The predicted octanol–water partition coefficient (Wildman–Crippen LogP) is 4.14. The molecule has 6 nitrogen and oxygen atoms in total. The number of thiophene rings is 1. The zero-order valence-corrected chi connectivity index (χ0v) is 19.9. The summed E-state index contributed by atoms with van der Waals surface area (Å²) in [5, 5.41) is 0. The van der Waals surface area contributed by atoms with Crippen LogP contribution < -0.4 is 4.74 Å². The molecule has 0 saturated carbocycles. The van der Waals surface area contributed by atoms with Crippen LogP contribution in [0.1, 0.15) is 15.3 Å². The maximum Gasteiger partial charge on any atom is 0.261 e. The van der Waals surface area contributed by atoms with Gasteiger partial charge in [-0.3, -0.25) is 9.59 Å². The van der Waals surface area contributed by atoms with E-state index in [1.165, 1.54) is 9.78 Å². The fourth-order valence-corrected chi connectivity index (χ4v) is 4.21. The Hall–Kier alpha value is -3.16. The van der Waals surface area contributed by atoms with Crippen LogP contribution >= 0.6 is 11.3 Å². The van der Waals surface area contributed by atoms with E-state index in [1.54, 1.807) is 35.5 Å². The molecule has 0 bridgehead atoms. The van der Waals surface area contributed by atoms with Crippen LogP contribution in [0.4, 0.5) is 0 Å². The van der Waals surface area contributed by atoms with Gasteiger partial charge >= 0.3 is 0 Å². The fourth-order valence-electron chi connectivity index (χ4n) is 3.30. The zero-order chi connectivity index (χ0) is 23.5. The third-order valence-corrected chi connectivity index (χ3v) is 6.05. The zero-order valence-electron chi connectivity index (χ0n) is 19.1. The maximum atomic E-state index is 13.4. The van der Waals surface area contributed by atoms with Crippen LogP contribution in [0.5, 0.6) is 5.75 Å². The monoisotopic (exact) mass is 466 g/mol. The number of methoxy groups -OCH3 is 1. The van der Waals surface area contributed by atoms with Crippen molar-refractivity contribution in [2.45, 2.75) is 20.0 Å². The van der Waals surface area contributed by atoms with Crippen molar-refractivity contribution in [3.63, 3.8) is 0 Å². The highest BCUT2D eigenvalue weighted by molar-refractivity contribution is 7.11. The number of rotatable bonds is 12. The Balaban J connectivity index is 1.69. The van der Waals surface area contributed by atoms with Crippen molar-refractivity contribution in [1.82, 2.24) is 9.80 Å². The maximum absolute atomic E-state index is 13.4. The van der Waals surface area contributed by atoms with E-state index in [2.05, 4.69) is 13.0 Å². The van der Waals surface area contributed by atoms with Crippen LogP contribution in [0, 0.1) is 6.92 Å². The average Bonchev–Trinajstić information content (AvgIpc) is 3.25. The third-order valence-electron chi connectivity index (χ3n) is 5.06. The van der Waals surface area contributed by atoms with E-state index < -0.39 is 0 Å². The molecule has 7 heteroatoms. The van der Waals surface area contributed by atoms with Gasteiger partial charge in [0.2, 0.25) is 5.91 Å². The molecule has 0 aliphatic rings. The van der Waals surface area contributed by atoms with Crippen molar-refractivity contribution < 1.29 is 19.1 Å². The Bertz CT molecular complexity index is 1010. The summed E-state index contributed by atoms with van der Waals surface area (Å²) in [7, 11) is 1.58. The first kappa shape index (κ1) is 24.5. The summed E-state index contributed by atoms with van der Waals surface area (Å²) in [5.41, 5.74) is 1.04. The predicted molar refractivity (Wildman–Crippen MR) is 130 cm³/mol. The summed E-state index contributed by atoms with van der Waals surface area (Å²) in [4.78, 5) is 31.9. The second-order valence-electron chi connectivity index (χ2n) is 7.66. The molecule has 0 atom stereocenters. The highest BCUT2D eigenvalue weighted by Crippen LogP contribution is 2.19. The van der Waals surface area contributed by atoms with Gasteiger partial charge in [0.25, 0.3) is 5.91 Å². The minimum Gasteiger partial charge on any atom is -0.484 e.